The minimum absolute atomic E-state index is 0.110. The molecule has 3 rings (SSSR count). The van der Waals surface area contributed by atoms with Crippen molar-refractivity contribution in [3.05, 3.63) is 99.4 Å². The molecule has 0 bridgehead atoms. The molecule has 25 heteroatoms. The van der Waals surface area contributed by atoms with Crippen LogP contribution in [0.15, 0.2) is 71.8 Å². The Morgan fingerprint density at radius 2 is 0.841 bits per heavy atom. The summed E-state index contributed by atoms with van der Waals surface area (Å²) in [4.78, 5) is 122. The fourth-order valence-electron chi connectivity index (χ4n) is 5.48. The zero-order valence-corrected chi connectivity index (χ0v) is 32.5. The molecule has 25 nitrogen and oxygen atoms in total. The van der Waals surface area contributed by atoms with Crippen LogP contribution in [0.5, 0.6) is 0 Å². The molecule has 0 aliphatic rings. The molecule has 3 aromatic rings. The van der Waals surface area contributed by atoms with Crippen molar-refractivity contribution in [1.29, 1.82) is 0 Å². The molecule has 4 unspecified atom stereocenters. The monoisotopic (exact) mass is 877 g/mol. The predicted molar refractivity (Wildman–Crippen MR) is 214 cm³/mol. The van der Waals surface area contributed by atoms with E-state index in [1.165, 1.54) is 66.7 Å². The van der Waals surface area contributed by atoms with Crippen LogP contribution in [-0.4, -0.2) is 114 Å². The first-order valence-electron chi connectivity index (χ1n) is 18.2. The van der Waals surface area contributed by atoms with Gasteiger partial charge in [0.25, 0.3) is 11.8 Å². The second-order valence-electron chi connectivity index (χ2n) is 13.3. The Bertz CT molecular complexity index is 2150. The Labute approximate surface area is 354 Å². The summed E-state index contributed by atoms with van der Waals surface area (Å²) in [6.45, 7) is 0. The Balaban J connectivity index is 1.66. The molecule has 0 saturated heterocycles. The lowest BCUT2D eigenvalue weighted by Gasteiger charge is -2.18. The normalized spacial score (nSPS) is 12.3. The number of rotatable bonds is 23. The highest BCUT2D eigenvalue weighted by molar-refractivity contribution is 6.09. The number of carbonyl (C=O) groups is 10. The van der Waals surface area contributed by atoms with E-state index in [0.717, 1.165) is 0 Å². The predicted octanol–water partition coefficient (Wildman–Crippen LogP) is 2.36. The number of benzene rings is 3. The van der Waals surface area contributed by atoms with E-state index in [1.54, 1.807) is 0 Å². The third-order valence-electron chi connectivity index (χ3n) is 8.61. The summed E-state index contributed by atoms with van der Waals surface area (Å²) < 4.78 is 0. The summed E-state index contributed by atoms with van der Waals surface area (Å²) >= 11 is 0. The van der Waals surface area contributed by atoms with Crippen LogP contribution in [0.25, 0.3) is 10.4 Å². The van der Waals surface area contributed by atoms with E-state index in [9.17, 15) is 68.4 Å². The van der Waals surface area contributed by atoms with Crippen LogP contribution in [-0.2, 0) is 41.6 Å². The van der Waals surface area contributed by atoms with Crippen LogP contribution in [0, 0.1) is 0 Å². The third-order valence-corrected chi connectivity index (χ3v) is 8.61. The molecule has 4 atom stereocenters. The Hall–Kier alpha value is -8.73. The topological polar surface area (TPSA) is 413 Å². The van der Waals surface area contributed by atoms with Gasteiger partial charge in [0.05, 0.1) is 0 Å². The number of hydrogen-bond donors (Lipinski definition) is 12. The van der Waals surface area contributed by atoms with Crippen molar-refractivity contribution in [1.82, 2.24) is 21.3 Å². The maximum atomic E-state index is 13.3. The lowest BCUT2D eigenvalue weighted by Crippen LogP contribution is -2.51. The lowest BCUT2D eigenvalue weighted by atomic mass is 10.0. The molecule has 0 heterocycles. The van der Waals surface area contributed by atoms with Gasteiger partial charge < -0.3 is 62.5 Å². The van der Waals surface area contributed by atoms with Crippen LogP contribution in [0.3, 0.4) is 0 Å². The number of anilines is 2. The Kier molecular flexibility index (Phi) is 17.9. The number of carboxylic acid groups (broad SMARTS) is 6. The van der Waals surface area contributed by atoms with E-state index in [4.69, 9.17) is 15.7 Å². The minimum Gasteiger partial charge on any atom is -0.481 e. The van der Waals surface area contributed by atoms with Crippen LogP contribution in [0.4, 0.5) is 26.7 Å². The molecule has 0 spiro atoms. The number of amides is 6. The van der Waals surface area contributed by atoms with Crippen molar-refractivity contribution in [2.45, 2.75) is 62.7 Å². The van der Waals surface area contributed by atoms with Gasteiger partial charge in [-0.2, -0.15) is 0 Å². The first-order valence-corrected chi connectivity index (χ1v) is 18.2. The minimum atomic E-state index is -1.60. The number of nitrogens with zero attached hydrogens (tertiary/aromatic N) is 3. The fraction of sp³-hybridized carbons (Fsp3) is 0.263. The first-order chi connectivity index (χ1) is 29.7. The maximum Gasteiger partial charge on any atom is 0.326 e. The molecule has 6 amide bonds. The number of hydrogen-bond acceptors (Lipinski definition) is 11. The highest BCUT2D eigenvalue weighted by Crippen LogP contribution is 2.22. The van der Waals surface area contributed by atoms with Crippen LogP contribution < -0.4 is 31.9 Å². The second-order valence-corrected chi connectivity index (χ2v) is 13.3. The van der Waals surface area contributed by atoms with Crippen molar-refractivity contribution in [3.8, 4) is 0 Å². The molecule has 3 aromatic carbocycles. The second kappa shape index (κ2) is 23.2. The first kappa shape index (κ1) is 48.6. The molecule has 0 radical (unpaired) electrons. The quantitative estimate of drug-likeness (QED) is 0.0369. The lowest BCUT2D eigenvalue weighted by molar-refractivity contribution is -0.142. The number of aliphatic carboxylic acids is 6. The average molecular weight is 878 g/mol. The molecule has 332 valence electrons. The summed E-state index contributed by atoms with van der Waals surface area (Å²) in [7, 11) is 0. The van der Waals surface area contributed by atoms with Gasteiger partial charge in [-0.3, -0.25) is 19.2 Å². The maximum absolute atomic E-state index is 13.3. The van der Waals surface area contributed by atoms with Gasteiger partial charge >= 0.3 is 47.9 Å². The third kappa shape index (κ3) is 16.4. The molecule has 0 aliphatic heterocycles. The molecule has 63 heavy (non-hydrogen) atoms. The Morgan fingerprint density at radius 1 is 0.508 bits per heavy atom. The van der Waals surface area contributed by atoms with Gasteiger partial charge in [-0.05, 0) is 72.0 Å². The smallest absolute Gasteiger partial charge is 0.326 e. The number of carboxylic acids is 6. The van der Waals surface area contributed by atoms with Gasteiger partial charge in [0, 0.05) is 58.8 Å². The Morgan fingerprint density at radius 3 is 1.14 bits per heavy atom. The molecule has 0 aromatic heterocycles. The van der Waals surface area contributed by atoms with E-state index in [1.807, 2.05) is 10.6 Å². The number of azide groups is 1. The standard InChI is InChI=1S/C38H39N9O16/c39-47-46-24-16-20(31(52)40-22-5-1-18(2-6-22)13-27(35(58)59)44-37(62)42-25(33(54)55)9-11-29(48)49)15-21(17-24)32(53)41-23-7-3-19(4-8-23)14-28(36(60)61)45-38(63)43-26(34(56)57)10-12-30(50)51/h1-8,15-17,25-28H,9-14H2,(H,40,52)(H,41,53)(H,48,49)(H,50,51)(H,54,55)(H,56,57)(H,58,59)(H,60,61)(H2,42,44,62)(H2,43,45,63). The van der Waals surface area contributed by atoms with Crippen molar-refractivity contribution in [2.75, 3.05) is 10.6 Å². The van der Waals surface area contributed by atoms with Crippen molar-refractivity contribution >= 4 is 76.8 Å². The summed E-state index contributed by atoms with van der Waals surface area (Å²) in [6.07, 6.45) is -2.59. The van der Waals surface area contributed by atoms with Gasteiger partial charge in [-0.1, -0.05) is 29.4 Å². The van der Waals surface area contributed by atoms with Gasteiger partial charge in [0.2, 0.25) is 0 Å². The van der Waals surface area contributed by atoms with E-state index >= 15 is 0 Å². The summed E-state index contributed by atoms with van der Waals surface area (Å²) in [6, 6.07) is 6.31. The van der Waals surface area contributed by atoms with E-state index < -0.39 is 110 Å². The molecular weight excluding hydrogens is 838 g/mol. The van der Waals surface area contributed by atoms with Gasteiger partial charge in [0.1, 0.15) is 24.2 Å². The average Bonchev–Trinajstić information content (AvgIpc) is 3.21. The van der Waals surface area contributed by atoms with Gasteiger partial charge in [-0.15, -0.1) is 0 Å². The highest BCUT2D eigenvalue weighted by Gasteiger charge is 2.27. The summed E-state index contributed by atoms with van der Waals surface area (Å²) in [5, 5.41) is 72.3. The number of urea groups is 2. The summed E-state index contributed by atoms with van der Waals surface area (Å²) in [5.41, 5.74) is 9.80. The molecule has 0 saturated carbocycles. The SMILES string of the molecule is [N-]=[N+]=Nc1cc(C(=O)Nc2ccc(CC(NC(=O)NC(CCC(=O)O)C(=O)O)C(=O)O)cc2)cc(C(=O)Nc2ccc(CC(NC(=O)NC(CCC(=O)O)C(=O)O)C(=O)O)cc2)c1. The molecule has 0 aliphatic carbocycles. The van der Waals surface area contributed by atoms with Crippen molar-refractivity contribution in [2.24, 2.45) is 5.11 Å². The van der Waals surface area contributed by atoms with Gasteiger partial charge in [0.15, 0.2) is 0 Å². The van der Waals surface area contributed by atoms with Crippen molar-refractivity contribution < 1.29 is 78.6 Å². The van der Waals surface area contributed by atoms with E-state index in [0.29, 0.717) is 11.1 Å². The number of nitrogens with one attached hydrogen (secondary N) is 6. The van der Waals surface area contributed by atoms with E-state index in [-0.39, 0.29) is 41.0 Å². The molecule has 12 N–H and O–H groups in total. The molecular formula is C38H39N9O16. The van der Waals surface area contributed by atoms with Crippen LogP contribution in [0.1, 0.15) is 57.5 Å². The number of carbonyl (C=O) groups excluding carboxylic acids is 4. The fourth-order valence-corrected chi connectivity index (χ4v) is 5.48. The summed E-state index contributed by atoms with van der Waals surface area (Å²) in [5.74, 6) is -10.1. The zero-order chi connectivity index (χ0) is 46.8. The van der Waals surface area contributed by atoms with Crippen LogP contribution in [0.2, 0.25) is 0 Å². The van der Waals surface area contributed by atoms with E-state index in [2.05, 4.69) is 31.3 Å². The zero-order valence-electron chi connectivity index (χ0n) is 32.5. The van der Waals surface area contributed by atoms with Crippen molar-refractivity contribution in [3.63, 3.8) is 0 Å². The van der Waals surface area contributed by atoms with Gasteiger partial charge in [-0.25, -0.2) is 28.8 Å². The van der Waals surface area contributed by atoms with Crippen LogP contribution >= 0.6 is 0 Å². The molecule has 0 fully saturated rings. The highest BCUT2D eigenvalue weighted by atomic mass is 16.4. The largest absolute Gasteiger partial charge is 0.481 e.